The highest BCUT2D eigenvalue weighted by Gasteiger charge is 2.41. The molecule has 1 fully saturated rings. The van der Waals surface area contributed by atoms with Crippen LogP contribution >= 0.6 is 0 Å². The van der Waals surface area contributed by atoms with Crippen molar-refractivity contribution in [2.45, 2.75) is 18.9 Å². The summed E-state index contributed by atoms with van der Waals surface area (Å²) in [5.41, 5.74) is 0.378. The van der Waals surface area contributed by atoms with E-state index in [0.717, 1.165) is 0 Å². The first kappa shape index (κ1) is 17.9. The van der Waals surface area contributed by atoms with Crippen molar-refractivity contribution in [2.24, 2.45) is 5.92 Å². The van der Waals surface area contributed by atoms with E-state index in [9.17, 15) is 14.0 Å². The van der Waals surface area contributed by atoms with Gasteiger partial charge >= 0.3 is 0 Å². The lowest BCUT2D eigenvalue weighted by molar-refractivity contribution is -0.146. The Morgan fingerprint density at radius 1 is 1.33 bits per heavy atom. The molecular formula is C19H23FN2O2. The second-order valence-corrected chi connectivity index (χ2v) is 5.94. The molecule has 5 heteroatoms. The number of likely N-dealkylation sites (tertiary alicyclic amines) is 1. The number of carbonyl (C=O) groups is 2. The fourth-order valence-electron chi connectivity index (χ4n) is 3.24. The molecule has 4 nitrogen and oxygen atoms in total. The first-order chi connectivity index (χ1) is 11.5. The van der Waals surface area contributed by atoms with Crippen LogP contribution in [0.2, 0.25) is 0 Å². The van der Waals surface area contributed by atoms with Gasteiger partial charge in [0.2, 0.25) is 11.8 Å². The minimum absolute atomic E-state index is 0.0775. The minimum Gasteiger partial charge on any atom is -0.338 e. The van der Waals surface area contributed by atoms with Crippen LogP contribution in [0, 0.1) is 11.7 Å². The number of benzene rings is 1. The Kier molecular flexibility index (Phi) is 5.90. The van der Waals surface area contributed by atoms with Crippen molar-refractivity contribution in [3.05, 3.63) is 61.0 Å². The van der Waals surface area contributed by atoms with Crippen LogP contribution < -0.4 is 0 Å². The van der Waals surface area contributed by atoms with Crippen LogP contribution in [0.3, 0.4) is 0 Å². The fraction of sp³-hybridized carbons (Fsp3) is 0.368. The largest absolute Gasteiger partial charge is 0.338 e. The van der Waals surface area contributed by atoms with Gasteiger partial charge in [0.25, 0.3) is 0 Å². The predicted octanol–water partition coefficient (Wildman–Crippen LogP) is 2.94. The summed E-state index contributed by atoms with van der Waals surface area (Å²) >= 11 is 0. The molecule has 2 rings (SSSR count). The molecule has 0 saturated carbocycles. The molecule has 1 aromatic rings. The lowest BCUT2D eigenvalue weighted by Gasteiger charge is -2.40. The van der Waals surface area contributed by atoms with Crippen molar-refractivity contribution < 1.29 is 14.0 Å². The molecule has 0 bridgehead atoms. The Labute approximate surface area is 142 Å². The summed E-state index contributed by atoms with van der Waals surface area (Å²) in [6, 6.07) is 5.72. The van der Waals surface area contributed by atoms with Crippen molar-refractivity contribution in [3.8, 4) is 0 Å². The molecule has 1 saturated heterocycles. The summed E-state index contributed by atoms with van der Waals surface area (Å²) in [5.74, 6) is -1.07. The van der Waals surface area contributed by atoms with Gasteiger partial charge in [0.1, 0.15) is 5.82 Å². The van der Waals surface area contributed by atoms with Crippen LogP contribution in [0.5, 0.6) is 0 Å². The van der Waals surface area contributed by atoms with Gasteiger partial charge in [0, 0.05) is 32.1 Å². The summed E-state index contributed by atoms with van der Waals surface area (Å²) in [6.07, 6.45) is 3.99. The molecule has 24 heavy (non-hydrogen) atoms. The van der Waals surface area contributed by atoms with E-state index >= 15 is 0 Å². The Morgan fingerprint density at radius 3 is 2.54 bits per heavy atom. The predicted molar refractivity (Wildman–Crippen MR) is 91.6 cm³/mol. The summed E-state index contributed by atoms with van der Waals surface area (Å²) in [7, 11) is 1.63. The number of nitrogens with zero attached hydrogens (tertiary/aromatic N) is 2. The molecule has 1 aliphatic rings. The molecule has 0 aromatic heterocycles. The fourth-order valence-corrected chi connectivity index (χ4v) is 3.24. The summed E-state index contributed by atoms with van der Waals surface area (Å²) in [4.78, 5) is 28.2. The monoisotopic (exact) mass is 330 g/mol. The van der Waals surface area contributed by atoms with Gasteiger partial charge in [-0.15, -0.1) is 13.2 Å². The van der Waals surface area contributed by atoms with Gasteiger partial charge in [-0.25, -0.2) is 4.39 Å². The van der Waals surface area contributed by atoms with Gasteiger partial charge in [-0.2, -0.15) is 0 Å². The van der Waals surface area contributed by atoms with Gasteiger partial charge in [-0.05, 0) is 12.5 Å². The molecule has 0 spiro atoms. The first-order valence-electron chi connectivity index (χ1n) is 8.02. The topological polar surface area (TPSA) is 40.6 Å². The van der Waals surface area contributed by atoms with Crippen molar-refractivity contribution >= 4 is 11.8 Å². The molecular weight excluding hydrogens is 307 g/mol. The Hall–Kier alpha value is -2.43. The Morgan fingerprint density at radius 2 is 1.96 bits per heavy atom. The number of amides is 2. The zero-order chi connectivity index (χ0) is 17.7. The zero-order valence-corrected chi connectivity index (χ0v) is 14.0. The third kappa shape index (κ3) is 3.55. The maximum absolute atomic E-state index is 14.3. The minimum atomic E-state index is -0.600. The molecule has 1 heterocycles. The summed E-state index contributed by atoms with van der Waals surface area (Å²) in [6.45, 7) is 8.14. The number of carbonyl (C=O) groups excluding carboxylic acids is 2. The first-order valence-corrected chi connectivity index (χ1v) is 8.02. The van der Waals surface area contributed by atoms with E-state index in [1.807, 2.05) is 0 Å². The smallest absolute Gasteiger partial charge is 0.228 e. The maximum atomic E-state index is 14.3. The highest BCUT2D eigenvalue weighted by atomic mass is 19.1. The van der Waals surface area contributed by atoms with Crippen LogP contribution in [0.4, 0.5) is 4.39 Å². The number of hydrogen-bond donors (Lipinski definition) is 0. The highest BCUT2D eigenvalue weighted by molar-refractivity contribution is 5.85. The van der Waals surface area contributed by atoms with E-state index in [0.29, 0.717) is 25.1 Å². The third-order valence-electron chi connectivity index (χ3n) is 4.41. The SMILES string of the molecule is C=CCN(CC=C)C(=O)C1CCC(=O)N(C)C1c1ccccc1F. The van der Waals surface area contributed by atoms with E-state index in [1.165, 1.54) is 11.0 Å². The number of piperidine rings is 1. The van der Waals surface area contributed by atoms with Gasteiger partial charge in [-0.3, -0.25) is 9.59 Å². The molecule has 128 valence electrons. The third-order valence-corrected chi connectivity index (χ3v) is 4.41. The van der Waals surface area contributed by atoms with E-state index in [2.05, 4.69) is 13.2 Å². The Bertz CT molecular complexity index is 634. The summed E-state index contributed by atoms with van der Waals surface area (Å²) < 4.78 is 14.3. The average Bonchev–Trinajstić information content (AvgIpc) is 2.57. The number of halogens is 1. The summed E-state index contributed by atoms with van der Waals surface area (Å²) in [5, 5.41) is 0. The van der Waals surface area contributed by atoms with Crippen molar-refractivity contribution in [1.29, 1.82) is 0 Å². The van der Waals surface area contributed by atoms with Crippen molar-refractivity contribution in [1.82, 2.24) is 9.80 Å². The molecule has 1 aliphatic heterocycles. The molecule has 2 unspecified atom stereocenters. The van der Waals surface area contributed by atoms with Crippen LogP contribution in [0.15, 0.2) is 49.6 Å². The van der Waals surface area contributed by atoms with Crippen molar-refractivity contribution in [3.63, 3.8) is 0 Å². The van der Waals surface area contributed by atoms with Crippen LogP contribution in [-0.4, -0.2) is 41.8 Å². The van der Waals surface area contributed by atoms with Crippen molar-refractivity contribution in [2.75, 3.05) is 20.1 Å². The second-order valence-electron chi connectivity index (χ2n) is 5.94. The molecule has 1 aromatic carbocycles. The number of rotatable bonds is 6. The van der Waals surface area contributed by atoms with Crippen LogP contribution in [-0.2, 0) is 9.59 Å². The molecule has 2 atom stereocenters. The van der Waals surface area contributed by atoms with Gasteiger partial charge in [0.05, 0.1) is 12.0 Å². The maximum Gasteiger partial charge on any atom is 0.228 e. The van der Waals surface area contributed by atoms with Crippen LogP contribution in [0.25, 0.3) is 0 Å². The molecule has 2 amide bonds. The van der Waals surface area contributed by atoms with Gasteiger partial charge in [0.15, 0.2) is 0 Å². The van der Waals surface area contributed by atoms with E-state index in [4.69, 9.17) is 0 Å². The van der Waals surface area contributed by atoms with Crippen LogP contribution in [0.1, 0.15) is 24.4 Å². The lowest BCUT2D eigenvalue weighted by atomic mass is 9.83. The second kappa shape index (κ2) is 7.90. The van der Waals surface area contributed by atoms with E-state index in [1.54, 1.807) is 42.3 Å². The molecule has 0 aliphatic carbocycles. The molecule has 0 radical (unpaired) electrons. The number of hydrogen-bond acceptors (Lipinski definition) is 2. The standard InChI is InChI=1S/C19H23FN2O2/c1-4-12-22(13-5-2)19(24)15-10-11-17(23)21(3)18(15)14-8-6-7-9-16(14)20/h4-9,15,18H,1-2,10-13H2,3H3. The Balaban J connectivity index is 2.39. The van der Waals surface area contributed by atoms with E-state index in [-0.39, 0.29) is 18.2 Å². The average molecular weight is 330 g/mol. The van der Waals surface area contributed by atoms with Gasteiger partial charge < -0.3 is 9.80 Å². The normalized spacial score (nSPS) is 20.6. The quantitative estimate of drug-likeness (QED) is 0.753. The van der Waals surface area contributed by atoms with Gasteiger partial charge in [-0.1, -0.05) is 30.4 Å². The highest BCUT2D eigenvalue weighted by Crippen LogP contribution is 2.37. The lowest BCUT2D eigenvalue weighted by Crippen LogP contribution is -2.48. The zero-order valence-electron chi connectivity index (χ0n) is 14.0. The van der Waals surface area contributed by atoms with E-state index < -0.39 is 17.8 Å². The molecule has 0 N–H and O–H groups in total.